The summed E-state index contributed by atoms with van der Waals surface area (Å²) in [5.41, 5.74) is 2.34. The zero-order valence-electron chi connectivity index (χ0n) is 9.66. The predicted molar refractivity (Wildman–Crippen MR) is 66.6 cm³/mol. The molecule has 88 valence electrons. The molecule has 0 aliphatic heterocycles. The van der Waals surface area contributed by atoms with Crippen molar-refractivity contribution in [1.82, 2.24) is 9.78 Å². The Labute approximate surface area is 101 Å². The van der Waals surface area contributed by atoms with Crippen LogP contribution in [0, 0.1) is 0 Å². The van der Waals surface area contributed by atoms with Gasteiger partial charge in [0.1, 0.15) is 0 Å². The molecule has 3 heteroatoms. The quantitative estimate of drug-likeness (QED) is 0.858. The summed E-state index contributed by atoms with van der Waals surface area (Å²) in [7, 11) is 0. The van der Waals surface area contributed by atoms with Crippen LogP contribution >= 0.6 is 0 Å². The highest BCUT2D eigenvalue weighted by molar-refractivity contribution is 5.61. The maximum absolute atomic E-state index is 9.54. The number of nitrogens with zero attached hydrogens (tertiary/aromatic N) is 2. The van der Waals surface area contributed by atoms with Crippen LogP contribution in [0.2, 0.25) is 0 Å². The van der Waals surface area contributed by atoms with Crippen LogP contribution in [0.25, 0.3) is 11.1 Å². The van der Waals surface area contributed by atoms with Crippen molar-refractivity contribution in [2.24, 2.45) is 0 Å². The minimum Gasteiger partial charge on any atom is -0.393 e. The van der Waals surface area contributed by atoms with Gasteiger partial charge in [0.2, 0.25) is 0 Å². The van der Waals surface area contributed by atoms with Crippen LogP contribution in [0.4, 0.5) is 0 Å². The maximum Gasteiger partial charge on any atom is 0.0568 e. The molecule has 2 atom stereocenters. The van der Waals surface area contributed by atoms with E-state index in [0.717, 1.165) is 24.8 Å². The third-order valence-corrected chi connectivity index (χ3v) is 3.46. The molecule has 1 aromatic heterocycles. The van der Waals surface area contributed by atoms with Gasteiger partial charge in [-0.25, -0.2) is 0 Å². The van der Waals surface area contributed by atoms with E-state index < -0.39 is 0 Å². The maximum atomic E-state index is 9.54. The van der Waals surface area contributed by atoms with Crippen molar-refractivity contribution in [3.63, 3.8) is 0 Å². The summed E-state index contributed by atoms with van der Waals surface area (Å²) in [4.78, 5) is 0. The van der Waals surface area contributed by atoms with Gasteiger partial charge >= 0.3 is 0 Å². The lowest BCUT2D eigenvalue weighted by molar-refractivity contribution is 0.177. The number of rotatable bonds is 2. The molecule has 1 N–H and O–H groups in total. The zero-order chi connectivity index (χ0) is 11.7. The molecule has 1 fully saturated rings. The van der Waals surface area contributed by atoms with E-state index in [0.29, 0.717) is 6.04 Å². The van der Waals surface area contributed by atoms with E-state index in [-0.39, 0.29) is 6.10 Å². The minimum absolute atomic E-state index is 0.149. The fraction of sp³-hybridized carbons (Fsp3) is 0.357. The van der Waals surface area contributed by atoms with Gasteiger partial charge in [-0.3, -0.25) is 4.68 Å². The van der Waals surface area contributed by atoms with Crippen molar-refractivity contribution >= 4 is 0 Å². The smallest absolute Gasteiger partial charge is 0.0568 e. The molecule has 1 heterocycles. The van der Waals surface area contributed by atoms with Gasteiger partial charge in [-0.05, 0) is 24.8 Å². The second-order valence-corrected chi connectivity index (χ2v) is 4.70. The van der Waals surface area contributed by atoms with E-state index in [1.807, 2.05) is 29.1 Å². The van der Waals surface area contributed by atoms with Crippen LogP contribution in [-0.2, 0) is 0 Å². The molecule has 2 aromatic rings. The highest BCUT2D eigenvalue weighted by atomic mass is 16.3. The molecule has 3 nitrogen and oxygen atoms in total. The van der Waals surface area contributed by atoms with Gasteiger partial charge in [-0.15, -0.1) is 0 Å². The van der Waals surface area contributed by atoms with Crippen molar-refractivity contribution in [3.05, 3.63) is 42.7 Å². The van der Waals surface area contributed by atoms with Crippen LogP contribution in [0.1, 0.15) is 25.3 Å². The molecule has 0 radical (unpaired) electrons. The van der Waals surface area contributed by atoms with Gasteiger partial charge in [-0.2, -0.15) is 5.10 Å². The Morgan fingerprint density at radius 3 is 2.65 bits per heavy atom. The third-order valence-electron chi connectivity index (χ3n) is 3.46. The molecule has 1 aliphatic carbocycles. The fourth-order valence-corrected chi connectivity index (χ4v) is 2.49. The summed E-state index contributed by atoms with van der Waals surface area (Å²) in [5, 5.41) is 14.0. The van der Waals surface area contributed by atoms with Gasteiger partial charge in [0, 0.05) is 11.8 Å². The van der Waals surface area contributed by atoms with E-state index in [4.69, 9.17) is 0 Å². The fourth-order valence-electron chi connectivity index (χ4n) is 2.49. The van der Waals surface area contributed by atoms with E-state index in [1.54, 1.807) is 0 Å². The third kappa shape index (κ3) is 2.11. The molecule has 17 heavy (non-hydrogen) atoms. The molecule has 1 aliphatic rings. The van der Waals surface area contributed by atoms with Crippen molar-refractivity contribution in [2.45, 2.75) is 31.4 Å². The lowest BCUT2D eigenvalue weighted by Crippen LogP contribution is -2.07. The van der Waals surface area contributed by atoms with Crippen LogP contribution in [0.3, 0.4) is 0 Å². The molecular weight excluding hydrogens is 212 g/mol. The first-order valence-electron chi connectivity index (χ1n) is 6.10. The number of hydrogen-bond acceptors (Lipinski definition) is 2. The van der Waals surface area contributed by atoms with Crippen LogP contribution < -0.4 is 0 Å². The van der Waals surface area contributed by atoms with Crippen molar-refractivity contribution in [2.75, 3.05) is 0 Å². The largest absolute Gasteiger partial charge is 0.393 e. The topological polar surface area (TPSA) is 38.0 Å². The number of hydrogen-bond donors (Lipinski definition) is 1. The normalized spacial score (nSPS) is 24.1. The Kier molecular flexibility index (Phi) is 2.69. The average molecular weight is 228 g/mol. The van der Waals surface area contributed by atoms with Crippen molar-refractivity contribution in [1.29, 1.82) is 0 Å². The van der Waals surface area contributed by atoms with Gasteiger partial charge in [-0.1, -0.05) is 30.3 Å². The molecule has 2 unspecified atom stereocenters. The highest BCUT2D eigenvalue weighted by Gasteiger charge is 2.24. The summed E-state index contributed by atoms with van der Waals surface area (Å²) < 4.78 is 2.00. The first-order chi connectivity index (χ1) is 8.33. The van der Waals surface area contributed by atoms with Crippen LogP contribution in [0.15, 0.2) is 42.7 Å². The van der Waals surface area contributed by atoms with Gasteiger partial charge in [0.05, 0.1) is 18.3 Å². The Hall–Kier alpha value is -1.61. The van der Waals surface area contributed by atoms with E-state index in [9.17, 15) is 5.11 Å². The summed E-state index contributed by atoms with van der Waals surface area (Å²) in [6, 6.07) is 10.6. The molecule has 0 spiro atoms. The van der Waals surface area contributed by atoms with Gasteiger partial charge < -0.3 is 5.11 Å². The van der Waals surface area contributed by atoms with Crippen molar-refractivity contribution in [3.8, 4) is 11.1 Å². The number of aromatic nitrogens is 2. The Morgan fingerprint density at radius 2 is 1.94 bits per heavy atom. The van der Waals surface area contributed by atoms with Crippen LogP contribution in [-0.4, -0.2) is 21.0 Å². The lowest BCUT2D eigenvalue weighted by atomic mass is 10.1. The number of benzene rings is 1. The van der Waals surface area contributed by atoms with E-state index in [1.165, 1.54) is 5.56 Å². The first kappa shape index (κ1) is 10.5. The monoisotopic (exact) mass is 228 g/mol. The first-order valence-corrected chi connectivity index (χ1v) is 6.10. The predicted octanol–water partition coefficient (Wildman–Crippen LogP) is 2.64. The molecule has 1 saturated carbocycles. The molecule has 1 aromatic carbocycles. The highest BCUT2D eigenvalue weighted by Crippen LogP contribution is 2.30. The molecule has 0 saturated heterocycles. The molecule has 0 bridgehead atoms. The van der Waals surface area contributed by atoms with Gasteiger partial charge in [0.25, 0.3) is 0 Å². The molecular formula is C14H16N2O. The average Bonchev–Trinajstić information content (AvgIpc) is 2.98. The van der Waals surface area contributed by atoms with E-state index >= 15 is 0 Å². The Bertz CT molecular complexity index is 492. The molecule has 3 rings (SSSR count). The van der Waals surface area contributed by atoms with Crippen LogP contribution in [0.5, 0.6) is 0 Å². The SMILES string of the molecule is OC1CCC(n2cc(-c3ccccc3)cn2)C1. The summed E-state index contributed by atoms with van der Waals surface area (Å²) in [6.45, 7) is 0. The zero-order valence-corrected chi connectivity index (χ0v) is 9.66. The second-order valence-electron chi connectivity index (χ2n) is 4.70. The standard InChI is InChI=1S/C14H16N2O/c17-14-7-6-13(8-14)16-10-12(9-15-16)11-4-2-1-3-5-11/h1-5,9-10,13-14,17H,6-8H2. The second kappa shape index (κ2) is 4.34. The lowest BCUT2D eigenvalue weighted by Gasteiger charge is -2.09. The summed E-state index contributed by atoms with van der Waals surface area (Å²) in [5.74, 6) is 0. The Balaban J connectivity index is 1.84. The Morgan fingerprint density at radius 1 is 1.12 bits per heavy atom. The number of aliphatic hydroxyl groups excluding tert-OH is 1. The minimum atomic E-state index is -0.149. The van der Waals surface area contributed by atoms with E-state index in [2.05, 4.69) is 23.4 Å². The number of aliphatic hydroxyl groups is 1. The molecule has 0 amide bonds. The summed E-state index contributed by atoms with van der Waals surface area (Å²) >= 11 is 0. The van der Waals surface area contributed by atoms with Crippen molar-refractivity contribution < 1.29 is 5.11 Å². The summed E-state index contributed by atoms with van der Waals surface area (Å²) in [6.07, 6.45) is 6.58. The van der Waals surface area contributed by atoms with Gasteiger partial charge in [0.15, 0.2) is 0 Å².